The average molecular weight is 260 g/mol. The molecule has 2 heteroatoms. The quantitative estimate of drug-likeness (QED) is 0.831. The number of benzene rings is 1. The average Bonchev–Trinajstić information content (AvgIpc) is 3.05. The van der Waals surface area contributed by atoms with Crippen molar-refractivity contribution in [3.05, 3.63) is 35.2 Å². The fourth-order valence-electron chi connectivity index (χ4n) is 3.44. The predicted molar refractivity (Wildman–Crippen MR) is 78.0 cm³/mol. The topological polar surface area (TPSA) is 20.2 Å². The van der Waals surface area contributed by atoms with Gasteiger partial charge >= 0.3 is 0 Å². The third kappa shape index (κ3) is 1.79. The molecule has 0 aliphatic heterocycles. The third-order valence-electron chi connectivity index (χ3n) is 4.69. The van der Waals surface area contributed by atoms with Crippen LogP contribution in [0.25, 0.3) is 10.1 Å². The fraction of sp³-hybridized carbons (Fsp3) is 0.500. The van der Waals surface area contributed by atoms with Crippen molar-refractivity contribution in [3.63, 3.8) is 0 Å². The van der Waals surface area contributed by atoms with E-state index in [9.17, 15) is 5.11 Å². The largest absolute Gasteiger partial charge is 0.388 e. The summed E-state index contributed by atoms with van der Waals surface area (Å²) in [6.45, 7) is 2.23. The molecule has 0 radical (unpaired) electrons. The molecular formula is C16H20OS. The van der Waals surface area contributed by atoms with Crippen molar-refractivity contribution in [1.82, 2.24) is 0 Å². The van der Waals surface area contributed by atoms with Gasteiger partial charge in [0.2, 0.25) is 0 Å². The van der Waals surface area contributed by atoms with Crippen molar-refractivity contribution in [1.29, 1.82) is 0 Å². The van der Waals surface area contributed by atoms with Crippen LogP contribution in [0.3, 0.4) is 0 Å². The van der Waals surface area contributed by atoms with E-state index in [0.29, 0.717) is 0 Å². The zero-order chi connectivity index (χ0) is 12.6. The molecule has 0 bridgehead atoms. The maximum atomic E-state index is 10.9. The maximum absolute atomic E-state index is 10.9. The highest BCUT2D eigenvalue weighted by Gasteiger charge is 2.40. The molecule has 1 nitrogen and oxygen atoms in total. The van der Waals surface area contributed by atoms with Crippen molar-refractivity contribution in [2.24, 2.45) is 5.41 Å². The van der Waals surface area contributed by atoms with Gasteiger partial charge in [0.25, 0.3) is 0 Å². The first-order valence-electron chi connectivity index (χ1n) is 6.91. The molecule has 1 saturated carbocycles. The van der Waals surface area contributed by atoms with Gasteiger partial charge in [0.05, 0.1) is 6.10 Å². The standard InChI is InChI=1S/C16H20OS/c1-2-16(9-5-6-10-16)15(17)13-11-18-14-8-4-3-7-12(13)14/h3-4,7-8,11,15,17H,2,5-6,9-10H2,1H3. The van der Waals surface area contributed by atoms with Crippen LogP contribution in [0.15, 0.2) is 29.6 Å². The first-order valence-corrected chi connectivity index (χ1v) is 7.79. The van der Waals surface area contributed by atoms with E-state index in [-0.39, 0.29) is 11.5 Å². The van der Waals surface area contributed by atoms with E-state index >= 15 is 0 Å². The van der Waals surface area contributed by atoms with Gasteiger partial charge in [-0.2, -0.15) is 0 Å². The molecule has 1 N–H and O–H groups in total. The van der Waals surface area contributed by atoms with Crippen molar-refractivity contribution in [2.45, 2.75) is 45.1 Å². The van der Waals surface area contributed by atoms with E-state index in [1.54, 1.807) is 11.3 Å². The van der Waals surface area contributed by atoms with Gasteiger partial charge in [-0.1, -0.05) is 38.0 Å². The molecule has 1 atom stereocenters. The van der Waals surface area contributed by atoms with Gasteiger partial charge in [0.1, 0.15) is 0 Å². The fourth-order valence-corrected chi connectivity index (χ4v) is 4.42. The van der Waals surface area contributed by atoms with Crippen molar-refractivity contribution in [2.75, 3.05) is 0 Å². The second-order valence-electron chi connectivity index (χ2n) is 5.51. The van der Waals surface area contributed by atoms with Gasteiger partial charge in [0.15, 0.2) is 0 Å². The Kier molecular flexibility index (Phi) is 3.16. The molecule has 18 heavy (non-hydrogen) atoms. The van der Waals surface area contributed by atoms with Crippen molar-refractivity contribution in [3.8, 4) is 0 Å². The highest BCUT2D eigenvalue weighted by atomic mass is 32.1. The van der Waals surface area contributed by atoms with Gasteiger partial charge in [-0.25, -0.2) is 0 Å². The monoisotopic (exact) mass is 260 g/mol. The van der Waals surface area contributed by atoms with Gasteiger partial charge in [-0.15, -0.1) is 11.3 Å². The molecule has 1 aromatic carbocycles. The Balaban J connectivity index is 2.03. The Bertz CT molecular complexity index is 537. The minimum atomic E-state index is -0.291. The molecule has 1 unspecified atom stereocenters. The van der Waals surface area contributed by atoms with Crippen LogP contribution in [0.4, 0.5) is 0 Å². The highest BCUT2D eigenvalue weighted by Crippen LogP contribution is 2.51. The first kappa shape index (κ1) is 12.2. The Morgan fingerprint density at radius 3 is 2.72 bits per heavy atom. The lowest BCUT2D eigenvalue weighted by Crippen LogP contribution is -2.24. The van der Waals surface area contributed by atoms with Gasteiger partial charge in [-0.05, 0) is 41.7 Å². The highest BCUT2D eigenvalue weighted by molar-refractivity contribution is 7.17. The van der Waals surface area contributed by atoms with Crippen LogP contribution in [-0.2, 0) is 0 Å². The second kappa shape index (κ2) is 4.67. The molecule has 0 saturated heterocycles. The van der Waals surface area contributed by atoms with E-state index in [2.05, 4.69) is 36.6 Å². The van der Waals surface area contributed by atoms with E-state index in [0.717, 1.165) is 12.0 Å². The number of thiophene rings is 1. The van der Waals surface area contributed by atoms with Crippen LogP contribution >= 0.6 is 11.3 Å². The minimum Gasteiger partial charge on any atom is -0.388 e. The normalized spacial score (nSPS) is 20.3. The Morgan fingerprint density at radius 1 is 1.28 bits per heavy atom. The molecule has 0 spiro atoms. The number of hydrogen-bond acceptors (Lipinski definition) is 2. The third-order valence-corrected chi connectivity index (χ3v) is 5.67. The van der Waals surface area contributed by atoms with Crippen LogP contribution in [-0.4, -0.2) is 5.11 Å². The van der Waals surface area contributed by atoms with Crippen LogP contribution in [0.2, 0.25) is 0 Å². The summed E-state index contributed by atoms with van der Waals surface area (Å²) in [6, 6.07) is 8.42. The Hall–Kier alpha value is -0.860. The minimum absolute atomic E-state index is 0.129. The summed E-state index contributed by atoms with van der Waals surface area (Å²) in [5.74, 6) is 0. The first-order chi connectivity index (χ1) is 8.77. The lowest BCUT2D eigenvalue weighted by molar-refractivity contribution is 0.0251. The predicted octanol–water partition coefficient (Wildman–Crippen LogP) is 4.91. The lowest BCUT2D eigenvalue weighted by Gasteiger charge is -2.33. The SMILES string of the molecule is CCC1(C(O)c2csc3ccccc23)CCCC1. The second-order valence-corrected chi connectivity index (χ2v) is 6.42. The molecule has 1 aromatic heterocycles. The summed E-state index contributed by atoms with van der Waals surface area (Å²) in [7, 11) is 0. The number of hydrogen-bond donors (Lipinski definition) is 1. The van der Waals surface area contributed by atoms with Crippen molar-refractivity contribution >= 4 is 21.4 Å². The molecule has 1 aliphatic carbocycles. The summed E-state index contributed by atoms with van der Waals surface area (Å²) >= 11 is 1.75. The van der Waals surface area contributed by atoms with Crippen molar-refractivity contribution < 1.29 is 5.11 Å². The van der Waals surface area contributed by atoms with Crippen LogP contribution in [0.1, 0.15) is 50.7 Å². The molecule has 96 valence electrons. The molecular weight excluding hydrogens is 240 g/mol. The van der Waals surface area contributed by atoms with Gasteiger partial charge < -0.3 is 5.11 Å². The zero-order valence-corrected chi connectivity index (χ0v) is 11.7. The summed E-state index contributed by atoms with van der Waals surface area (Å²) in [6.07, 6.45) is 5.68. The lowest BCUT2D eigenvalue weighted by atomic mass is 9.75. The number of rotatable bonds is 3. The molecule has 0 amide bonds. The molecule has 1 fully saturated rings. The summed E-state index contributed by atoms with van der Waals surface area (Å²) < 4.78 is 1.29. The number of aliphatic hydroxyl groups excluding tert-OH is 1. The molecule has 2 aromatic rings. The zero-order valence-electron chi connectivity index (χ0n) is 10.9. The maximum Gasteiger partial charge on any atom is 0.0860 e. The van der Waals surface area contributed by atoms with E-state index in [4.69, 9.17) is 0 Å². The molecule has 1 aliphatic rings. The molecule has 1 heterocycles. The number of aliphatic hydroxyl groups is 1. The Morgan fingerprint density at radius 2 is 2.00 bits per heavy atom. The summed E-state index contributed by atoms with van der Waals surface area (Å²) in [5, 5.41) is 14.3. The van der Waals surface area contributed by atoms with Gasteiger partial charge in [0, 0.05) is 10.1 Å². The molecule has 3 rings (SSSR count). The Labute approximate surface area is 112 Å². The van der Waals surface area contributed by atoms with Crippen LogP contribution in [0, 0.1) is 5.41 Å². The van der Waals surface area contributed by atoms with E-state index in [1.165, 1.54) is 35.8 Å². The van der Waals surface area contributed by atoms with E-state index < -0.39 is 0 Å². The smallest absolute Gasteiger partial charge is 0.0860 e. The summed E-state index contributed by atoms with van der Waals surface area (Å²) in [4.78, 5) is 0. The van der Waals surface area contributed by atoms with E-state index in [1.807, 2.05) is 0 Å². The van der Waals surface area contributed by atoms with Crippen LogP contribution < -0.4 is 0 Å². The number of fused-ring (bicyclic) bond motifs is 1. The summed E-state index contributed by atoms with van der Waals surface area (Å²) in [5.41, 5.74) is 1.28. The van der Waals surface area contributed by atoms with Gasteiger partial charge in [-0.3, -0.25) is 0 Å². The van der Waals surface area contributed by atoms with Crippen LogP contribution in [0.5, 0.6) is 0 Å².